The number of hydrogen-bond acceptors (Lipinski definition) is 3. The molecule has 1 saturated heterocycles. The van der Waals surface area contributed by atoms with E-state index in [-0.39, 0.29) is 11.9 Å². The second kappa shape index (κ2) is 8.47. The van der Waals surface area contributed by atoms with Gasteiger partial charge in [-0.2, -0.15) is 0 Å². The van der Waals surface area contributed by atoms with Crippen molar-refractivity contribution in [2.75, 3.05) is 38.0 Å². The molecule has 1 aliphatic heterocycles. The molecule has 0 saturated carbocycles. The van der Waals surface area contributed by atoms with Crippen molar-refractivity contribution in [2.24, 2.45) is 0 Å². The first-order valence-electron chi connectivity index (χ1n) is 9.47. The molecule has 4 heteroatoms. The van der Waals surface area contributed by atoms with Crippen LogP contribution >= 0.6 is 0 Å². The number of benzene rings is 2. The zero-order valence-corrected chi connectivity index (χ0v) is 16.0. The maximum atomic E-state index is 13.2. The first-order valence-corrected chi connectivity index (χ1v) is 9.47. The number of piperazine rings is 1. The van der Waals surface area contributed by atoms with Crippen LogP contribution in [0.4, 0.5) is 5.69 Å². The number of rotatable bonds is 5. The molecule has 1 atom stereocenters. The molecule has 0 spiro atoms. The van der Waals surface area contributed by atoms with Crippen molar-refractivity contribution in [1.29, 1.82) is 0 Å². The van der Waals surface area contributed by atoms with E-state index in [0.29, 0.717) is 0 Å². The van der Waals surface area contributed by atoms with E-state index in [9.17, 15) is 4.79 Å². The van der Waals surface area contributed by atoms with Crippen LogP contribution < -0.4 is 5.32 Å². The Balaban J connectivity index is 1.82. The number of carbonyl (C=O) groups is 1. The van der Waals surface area contributed by atoms with E-state index < -0.39 is 0 Å². The smallest absolute Gasteiger partial charge is 0.246 e. The zero-order valence-electron chi connectivity index (χ0n) is 16.0. The van der Waals surface area contributed by atoms with Gasteiger partial charge in [-0.15, -0.1) is 0 Å². The standard InChI is InChI=1S/C22H29N3O/c1-4-24-10-12-25(13-11-24)21(19-8-6-5-7-9-19)22(26)23-20-15-17(2)14-18(3)16-20/h5-9,14-16,21H,4,10-13H2,1-3H3,(H,23,26). The summed E-state index contributed by atoms with van der Waals surface area (Å²) in [6, 6.07) is 16.0. The van der Waals surface area contributed by atoms with Crippen LogP contribution in [0.5, 0.6) is 0 Å². The monoisotopic (exact) mass is 351 g/mol. The number of nitrogens with one attached hydrogen (secondary N) is 1. The van der Waals surface area contributed by atoms with Crippen molar-refractivity contribution in [3.63, 3.8) is 0 Å². The maximum Gasteiger partial charge on any atom is 0.246 e. The number of likely N-dealkylation sites (N-methyl/N-ethyl adjacent to an activating group) is 1. The SMILES string of the molecule is CCN1CCN(C(C(=O)Nc2cc(C)cc(C)c2)c2ccccc2)CC1. The maximum absolute atomic E-state index is 13.2. The Hall–Kier alpha value is -2.17. The Morgan fingerprint density at radius 2 is 1.62 bits per heavy atom. The van der Waals surface area contributed by atoms with Crippen LogP contribution in [0.15, 0.2) is 48.5 Å². The molecule has 1 aliphatic rings. The van der Waals surface area contributed by atoms with Crippen molar-refractivity contribution in [2.45, 2.75) is 26.8 Å². The van der Waals surface area contributed by atoms with Crippen LogP contribution in [0.3, 0.4) is 0 Å². The molecular weight excluding hydrogens is 322 g/mol. The molecular formula is C22H29N3O. The number of anilines is 1. The fourth-order valence-electron chi connectivity index (χ4n) is 3.76. The van der Waals surface area contributed by atoms with E-state index in [1.807, 2.05) is 30.3 Å². The van der Waals surface area contributed by atoms with Crippen LogP contribution in [0.1, 0.15) is 29.7 Å². The topological polar surface area (TPSA) is 35.6 Å². The summed E-state index contributed by atoms with van der Waals surface area (Å²) in [4.78, 5) is 18.0. The second-order valence-corrected chi connectivity index (χ2v) is 7.15. The Morgan fingerprint density at radius 1 is 1.00 bits per heavy atom. The van der Waals surface area contributed by atoms with Crippen LogP contribution in [0.2, 0.25) is 0 Å². The largest absolute Gasteiger partial charge is 0.324 e. The highest BCUT2D eigenvalue weighted by Crippen LogP contribution is 2.25. The summed E-state index contributed by atoms with van der Waals surface area (Å²) in [7, 11) is 0. The van der Waals surface area contributed by atoms with E-state index in [1.54, 1.807) is 0 Å². The van der Waals surface area contributed by atoms with Gasteiger partial charge in [0.05, 0.1) is 0 Å². The molecule has 0 aliphatic carbocycles. The Morgan fingerprint density at radius 3 is 2.19 bits per heavy atom. The number of aryl methyl sites for hydroxylation is 2. The highest BCUT2D eigenvalue weighted by atomic mass is 16.2. The molecule has 4 nitrogen and oxygen atoms in total. The highest BCUT2D eigenvalue weighted by Gasteiger charge is 2.30. The summed E-state index contributed by atoms with van der Waals surface area (Å²) >= 11 is 0. The van der Waals surface area contributed by atoms with E-state index >= 15 is 0 Å². The summed E-state index contributed by atoms with van der Waals surface area (Å²) in [5.41, 5.74) is 4.25. The molecule has 2 aromatic carbocycles. The predicted octanol–water partition coefficient (Wildman–Crippen LogP) is 3.62. The first kappa shape index (κ1) is 18.6. The zero-order chi connectivity index (χ0) is 18.5. The molecule has 0 bridgehead atoms. The lowest BCUT2D eigenvalue weighted by Crippen LogP contribution is -2.49. The van der Waals surface area contributed by atoms with E-state index in [1.165, 1.54) is 0 Å². The van der Waals surface area contributed by atoms with E-state index in [0.717, 1.165) is 55.1 Å². The van der Waals surface area contributed by atoms with Gasteiger partial charge in [0.15, 0.2) is 0 Å². The molecule has 1 unspecified atom stereocenters. The lowest BCUT2D eigenvalue weighted by molar-refractivity contribution is -0.122. The van der Waals surface area contributed by atoms with Crippen molar-refractivity contribution in [1.82, 2.24) is 9.80 Å². The normalized spacial score (nSPS) is 17.0. The van der Waals surface area contributed by atoms with Crippen LogP contribution in [-0.2, 0) is 4.79 Å². The van der Waals surface area contributed by atoms with Gasteiger partial charge in [-0.05, 0) is 49.2 Å². The fraction of sp³-hybridized carbons (Fsp3) is 0.409. The van der Waals surface area contributed by atoms with Gasteiger partial charge in [-0.1, -0.05) is 43.3 Å². The lowest BCUT2D eigenvalue weighted by atomic mass is 10.0. The average Bonchev–Trinajstić information content (AvgIpc) is 2.62. The molecule has 26 heavy (non-hydrogen) atoms. The summed E-state index contributed by atoms with van der Waals surface area (Å²) in [6.45, 7) is 11.2. The van der Waals surface area contributed by atoms with Crippen LogP contribution in [0, 0.1) is 13.8 Å². The van der Waals surface area contributed by atoms with Crippen molar-refractivity contribution >= 4 is 11.6 Å². The molecule has 2 aromatic rings. The molecule has 3 rings (SSSR count). The third-order valence-electron chi connectivity index (χ3n) is 5.07. The van der Waals surface area contributed by atoms with Crippen LogP contribution in [0.25, 0.3) is 0 Å². The fourth-order valence-corrected chi connectivity index (χ4v) is 3.76. The van der Waals surface area contributed by atoms with Gasteiger partial charge in [-0.25, -0.2) is 0 Å². The van der Waals surface area contributed by atoms with Crippen molar-refractivity contribution < 1.29 is 4.79 Å². The quantitative estimate of drug-likeness (QED) is 0.894. The summed E-state index contributed by atoms with van der Waals surface area (Å²) in [5.74, 6) is 0.0474. The number of hydrogen-bond donors (Lipinski definition) is 1. The molecule has 1 amide bonds. The summed E-state index contributed by atoms with van der Waals surface area (Å²) < 4.78 is 0. The molecule has 1 heterocycles. The van der Waals surface area contributed by atoms with Gasteiger partial charge in [0, 0.05) is 31.9 Å². The van der Waals surface area contributed by atoms with Gasteiger partial charge in [0.1, 0.15) is 6.04 Å². The molecule has 1 N–H and O–H groups in total. The summed E-state index contributed by atoms with van der Waals surface area (Å²) in [6.07, 6.45) is 0. The highest BCUT2D eigenvalue weighted by molar-refractivity contribution is 5.95. The second-order valence-electron chi connectivity index (χ2n) is 7.15. The third-order valence-corrected chi connectivity index (χ3v) is 5.07. The first-order chi connectivity index (χ1) is 12.6. The van der Waals surface area contributed by atoms with E-state index in [2.05, 4.69) is 54.1 Å². The minimum Gasteiger partial charge on any atom is -0.324 e. The van der Waals surface area contributed by atoms with Crippen molar-refractivity contribution in [3.8, 4) is 0 Å². The molecule has 0 aromatic heterocycles. The van der Waals surface area contributed by atoms with Gasteiger partial charge in [0.25, 0.3) is 0 Å². The van der Waals surface area contributed by atoms with Crippen molar-refractivity contribution in [3.05, 3.63) is 65.2 Å². The Kier molecular flexibility index (Phi) is 6.07. The van der Waals surface area contributed by atoms with Gasteiger partial charge in [-0.3, -0.25) is 9.69 Å². The van der Waals surface area contributed by atoms with E-state index in [4.69, 9.17) is 0 Å². The summed E-state index contributed by atoms with van der Waals surface area (Å²) in [5, 5.41) is 3.15. The third kappa shape index (κ3) is 4.51. The predicted molar refractivity (Wildman–Crippen MR) is 107 cm³/mol. The minimum atomic E-state index is -0.254. The molecule has 0 radical (unpaired) electrons. The van der Waals surface area contributed by atoms with Gasteiger partial charge in [0.2, 0.25) is 5.91 Å². The van der Waals surface area contributed by atoms with Crippen LogP contribution in [-0.4, -0.2) is 48.4 Å². The van der Waals surface area contributed by atoms with Gasteiger partial charge >= 0.3 is 0 Å². The average molecular weight is 351 g/mol. The Bertz CT molecular complexity index is 716. The van der Waals surface area contributed by atoms with Gasteiger partial charge < -0.3 is 10.2 Å². The minimum absolute atomic E-state index is 0.0474. The Labute approximate surface area is 156 Å². The molecule has 138 valence electrons. The number of amides is 1. The lowest BCUT2D eigenvalue weighted by Gasteiger charge is -2.38. The number of nitrogens with zero attached hydrogens (tertiary/aromatic N) is 2. The molecule has 1 fully saturated rings. The number of carbonyl (C=O) groups excluding carboxylic acids is 1.